The highest BCUT2D eigenvalue weighted by atomic mass is 16.7. The number of aliphatic hydroxyl groups excluding tert-OH is 4. The van der Waals surface area contributed by atoms with Gasteiger partial charge in [-0.2, -0.15) is 0 Å². The average Bonchev–Trinajstić information content (AvgIpc) is 3.19. The Kier molecular flexibility index (Phi) is 8.14. The van der Waals surface area contributed by atoms with Gasteiger partial charge in [-0.15, -0.1) is 0 Å². The molecular weight excluding hydrogens is 524 g/mol. The lowest BCUT2D eigenvalue weighted by atomic mass is 9.94. The number of aliphatic hydroxyl groups is 4. The Bertz CT molecular complexity index is 1370. The second-order valence-corrected chi connectivity index (χ2v) is 8.81. The van der Waals surface area contributed by atoms with E-state index >= 15 is 0 Å². The predicted molar refractivity (Wildman–Crippen MR) is 128 cm³/mol. The van der Waals surface area contributed by atoms with E-state index in [9.17, 15) is 44.7 Å². The summed E-state index contributed by atoms with van der Waals surface area (Å²) in [4.78, 5) is 50.7. The Morgan fingerprint density at radius 1 is 1.18 bits per heavy atom. The number of rotatable bonds is 8. The van der Waals surface area contributed by atoms with Gasteiger partial charge in [-0.1, -0.05) is 6.07 Å². The van der Waals surface area contributed by atoms with Gasteiger partial charge in [0.25, 0.3) is 11.5 Å². The lowest BCUT2D eigenvalue weighted by molar-refractivity contribution is -0.239. The number of phenolic OH excluding ortho intramolecular Hbond substituents is 1. The third kappa shape index (κ3) is 5.85. The summed E-state index contributed by atoms with van der Waals surface area (Å²) in [6.07, 6.45) is -9.84. The first-order chi connectivity index (χ1) is 18.5. The zero-order valence-corrected chi connectivity index (χ0v) is 20.0. The summed E-state index contributed by atoms with van der Waals surface area (Å²) in [7, 11) is 0. The highest BCUT2D eigenvalue weighted by molar-refractivity contribution is 6.02. The Labute approximate surface area is 218 Å². The largest absolute Gasteiger partial charge is 0.508 e. The van der Waals surface area contributed by atoms with Gasteiger partial charge in [-0.25, -0.2) is 4.79 Å². The second kappa shape index (κ2) is 11.4. The Morgan fingerprint density at radius 2 is 1.92 bits per heavy atom. The van der Waals surface area contributed by atoms with Crippen LogP contribution < -0.4 is 22.3 Å². The van der Waals surface area contributed by atoms with E-state index in [2.05, 4.69) is 5.32 Å². The van der Waals surface area contributed by atoms with E-state index in [0.29, 0.717) is 0 Å². The number of nitrogens with two attached hydrogens (primary N) is 1. The summed E-state index contributed by atoms with van der Waals surface area (Å²) in [5, 5.41) is 53.3. The topological polar surface area (TPSA) is 256 Å². The van der Waals surface area contributed by atoms with E-state index < -0.39 is 84.4 Å². The third-order valence-electron chi connectivity index (χ3n) is 6.17. The number of hydrogen-bond acceptors (Lipinski definition) is 12. The molecule has 1 aromatic carbocycles. The maximum Gasteiger partial charge on any atom is 0.330 e. The molecule has 1 aromatic heterocycles. The zero-order chi connectivity index (χ0) is 28.4. The van der Waals surface area contributed by atoms with Gasteiger partial charge in [-0.05, 0) is 18.2 Å². The van der Waals surface area contributed by atoms with E-state index in [4.69, 9.17) is 19.9 Å². The molecule has 2 aliphatic heterocycles. The van der Waals surface area contributed by atoms with Crippen molar-refractivity contribution < 1.29 is 49.3 Å². The lowest BCUT2D eigenvalue weighted by Gasteiger charge is -2.35. The first-order valence-corrected chi connectivity index (χ1v) is 11.6. The molecule has 1 saturated heterocycles. The van der Waals surface area contributed by atoms with Crippen LogP contribution in [-0.2, 0) is 23.8 Å². The smallest absolute Gasteiger partial charge is 0.330 e. The minimum atomic E-state index is -1.86. The van der Waals surface area contributed by atoms with Crippen LogP contribution in [0.2, 0.25) is 0 Å². The number of hydrogen-bond donors (Lipinski definition) is 8. The maximum absolute atomic E-state index is 12.7. The molecule has 0 aliphatic carbocycles. The predicted octanol–water partition coefficient (Wildman–Crippen LogP) is -3.42. The summed E-state index contributed by atoms with van der Waals surface area (Å²) >= 11 is 0. The Morgan fingerprint density at radius 3 is 2.56 bits per heavy atom. The summed E-state index contributed by atoms with van der Waals surface area (Å²) in [5.41, 5.74) is 4.01. The van der Waals surface area contributed by atoms with Crippen molar-refractivity contribution >= 4 is 17.5 Å². The number of H-pyrrole nitrogens is 1. The molecule has 39 heavy (non-hydrogen) atoms. The van der Waals surface area contributed by atoms with Crippen LogP contribution in [0.15, 0.2) is 58.0 Å². The van der Waals surface area contributed by atoms with Gasteiger partial charge in [0.1, 0.15) is 30.2 Å². The zero-order valence-electron chi connectivity index (χ0n) is 20.0. The Hall–Kier alpha value is -4.06. The van der Waals surface area contributed by atoms with Gasteiger partial charge in [-0.3, -0.25) is 23.9 Å². The number of primary amides is 1. The number of aromatic nitrogens is 2. The van der Waals surface area contributed by atoms with Crippen LogP contribution >= 0.6 is 0 Å². The van der Waals surface area contributed by atoms with Crippen molar-refractivity contribution in [2.75, 3.05) is 11.9 Å². The van der Waals surface area contributed by atoms with Gasteiger partial charge >= 0.3 is 5.69 Å². The van der Waals surface area contributed by atoms with E-state index in [1.807, 2.05) is 4.98 Å². The molecule has 9 N–H and O–H groups in total. The molecule has 0 unspecified atom stereocenters. The van der Waals surface area contributed by atoms with Crippen molar-refractivity contribution in [2.45, 2.75) is 43.0 Å². The number of amides is 2. The van der Waals surface area contributed by atoms with E-state index in [0.717, 1.165) is 22.9 Å². The quantitative estimate of drug-likeness (QED) is 0.160. The highest BCUT2D eigenvalue weighted by Gasteiger charge is 2.51. The molecule has 4 rings (SSSR count). The number of anilines is 1. The molecule has 210 valence electrons. The fraction of sp³-hybridized carbons (Fsp3) is 0.391. The average molecular weight is 550 g/mol. The lowest BCUT2D eigenvalue weighted by Crippen LogP contribution is -2.52. The van der Waals surface area contributed by atoms with E-state index in [1.54, 1.807) is 0 Å². The van der Waals surface area contributed by atoms with E-state index in [-0.39, 0.29) is 11.4 Å². The second-order valence-electron chi connectivity index (χ2n) is 8.81. The summed E-state index contributed by atoms with van der Waals surface area (Å²) in [5.74, 6) is -3.97. The van der Waals surface area contributed by atoms with Gasteiger partial charge in [0, 0.05) is 29.9 Å². The number of aromatic amines is 1. The molecule has 0 radical (unpaired) electrons. The molecule has 16 heteroatoms. The fourth-order valence-corrected chi connectivity index (χ4v) is 4.23. The van der Waals surface area contributed by atoms with E-state index in [1.165, 1.54) is 24.3 Å². The van der Waals surface area contributed by atoms with Gasteiger partial charge in [0.2, 0.25) is 12.2 Å². The van der Waals surface area contributed by atoms with Crippen molar-refractivity contribution in [3.8, 4) is 5.75 Å². The number of phenols is 1. The van der Waals surface area contributed by atoms with Crippen LogP contribution in [-0.4, -0.2) is 90.3 Å². The molecule has 0 saturated carbocycles. The first-order valence-electron chi connectivity index (χ1n) is 11.6. The van der Waals surface area contributed by atoms with Crippen LogP contribution in [0.1, 0.15) is 6.23 Å². The van der Waals surface area contributed by atoms with Crippen molar-refractivity contribution in [3.05, 3.63) is 69.2 Å². The number of aromatic hydroxyl groups is 1. The molecule has 3 heterocycles. The number of nitrogens with one attached hydrogen (secondary N) is 2. The van der Waals surface area contributed by atoms with Crippen LogP contribution in [0.25, 0.3) is 0 Å². The van der Waals surface area contributed by atoms with Crippen LogP contribution in [0, 0.1) is 5.92 Å². The van der Waals surface area contributed by atoms with Gasteiger partial charge in [0.05, 0.1) is 6.61 Å². The van der Waals surface area contributed by atoms with Crippen molar-refractivity contribution in [1.29, 1.82) is 0 Å². The number of nitrogens with zero attached hydrogens (tertiary/aromatic N) is 1. The standard InChI is InChI=1S/C23H26N4O12/c24-19(34)18(17-11(8-28)15(32)21(38-17)27-5-4-14(31)26-23(27)36)39-22-16(33)12(30)7-13(37-22)20(35)25-9-2-1-3-10(29)6-9/h1-7,11-12,15-18,21-22,28-30,32-33H,8H2,(H2,24,34)(H,25,35)(H,26,31,36)/t11-,12-,15+,16-,17-,18+,21+,22+/m0/s1. The van der Waals surface area contributed by atoms with Crippen LogP contribution in [0.5, 0.6) is 5.75 Å². The first kappa shape index (κ1) is 28.0. The van der Waals surface area contributed by atoms with Crippen molar-refractivity contribution in [1.82, 2.24) is 9.55 Å². The molecule has 2 aromatic rings. The van der Waals surface area contributed by atoms with Crippen LogP contribution in [0.3, 0.4) is 0 Å². The number of ether oxygens (including phenoxy) is 3. The number of benzene rings is 1. The molecule has 1 fully saturated rings. The fourth-order valence-electron chi connectivity index (χ4n) is 4.23. The molecule has 0 spiro atoms. The Balaban J connectivity index is 1.55. The summed E-state index contributed by atoms with van der Waals surface area (Å²) < 4.78 is 17.4. The summed E-state index contributed by atoms with van der Waals surface area (Å²) in [6.45, 7) is -0.762. The molecule has 2 amide bonds. The number of carbonyl (C=O) groups is 2. The number of carbonyl (C=O) groups excluding carboxylic acids is 2. The van der Waals surface area contributed by atoms with Crippen molar-refractivity contribution in [3.63, 3.8) is 0 Å². The monoisotopic (exact) mass is 550 g/mol. The molecule has 16 nitrogen and oxygen atoms in total. The van der Waals surface area contributed by atoms with Crippen molar-refractivity contribution in [2.24, 2.45) is 11.7 Å². The SMILES string of the molecule is NC(=O)[C@H](O[C@H]1OC(C(=O)Nc2cccc(O)c2)=C[C@H](O)[C@@H]1O)[C@H]1O[C@@H](n2ccc(=O)[nH]c2=O)[C@H](O)[C@@H]1CO. The normalized spacial score (nSPS) is 29.2. The van der Waals surface area contributed by atoms with Crippen LogP contribution in [0.4, 0.5) is 5.69 Å². The molecule has 0 bridgehead atoms. The maximum atomic E-state index is 12.7. The molecule has 8 atom stereocenters. The van der Waals surface area contributed by atoms with Gasteiger partial charge in [0.15, 0.2) is 18.1 Å². The summed E-state index contributed by atoms with van der Waals surface area (Å²) in [6, 6.07) is 6.53. The highest BCUT2D eigenvalue weighted by Crippen LogP contribution is 2.36. The molecule has 2 aliphatic rings. The third-order valence-corrected chi connectivity index (χ3v) is 6.17. The van der Waals surface area contributed by atoms with Gasteiger partial charge < -0.3 is 50.8 Å². The molecular formula is C23H26N4O12. The minimum absolute atomic E-state index is 0.132. The minimum Gasteiger partial charge on any atom is -0.508 e.